The van der Waals surface area contributed by atoms with Gasteiger partial charge >= 0.3 is 17.9 Å². The van der Waals surface area contributed by atoms with Crippen molar-refractivity contribution in [1.29, 1.82) is 0 Å². The summed E-state index contributed by atoms with van der Waals surface area (Å²) in [5, 5.41) is 25.0. The van der Waals surface area contributed by atoms with E-state index >= 15 is 0 Å². The van der Waals surface area contributed by atoms with E-state index < -0.39 is 31.0 Å². The molecule has 0 aromatic carbocycles. The molecule has 0 radical (unpaired) electrons. The molecule has 14 heavy (non-hydrogen) atoms. The van der Waals surface area contributed by atoms with E-state index in [4.69, 9.17) is 15.3 Å². The molecule has 0 aliphatic heterocycles. The summed E-state index contributed by atoms with van der Waals surface area (Å²) >= 11 is 0.658. The number of hydrogen-bond acceptors (Lipinski definition) is 5. The van der Waals surface area contributed by atoms with E-state index in [9.17, 15) is 14.4 Å². The molecule has 3 N–H and O–H groups in total. The third-order valence-corrected chi connectivity index (χ3v) is 1.99. The average molecular weight is 223 g/mol. The lowest BCUT2D eigenvalue weighted by atomic mass is 10.6. The fourth-order valence-corrected chi connectivity index (χ4v) is 1.29. The molecule has 0 aliphatic carbocycles. The molecule has 0 aromatic rings. The smallest absolute Gasteiger partial charge is 0.318 e. The third-order valence-electron chi connectivity index (χ3n) is 0.994. The Balaban J connectivity index is 4.03. The zero-order valence-corrected chi connectivity index (χ0v) is 7.86. The van der Waals surface area contributed by atoms with Crippen molar-refractivity contribution < 1.29 is 29.7 Å². The first-order valence-corrected chi connectivity index (χ1v) is 4.39. The number of carboxylic acids is 3. The molecule has 0 aromatic heterocycles. The molecule has 0 atom stereocenters. The Kier molecular flexibility index (Phi) is 5.65. The van der Waals surface area contributed by atoms with E-state index in [1.165, 1.54) is 0 Å². The average Bonchev–Trinajstić information content (AvgIpc) is 1.97. The van der Waals surface area contributed by atoms with Crippen LogP contribution >= 0.6 is 11.9 Å². The molecule has 0 aliphatic rings. The topological polar surface area (TPSA) is 115 Å². The summed E-state index contributed by atoms with van der Waals surface area (Å²) in [6.45, 7) is -1.02. The predicted molar refractivity (Wildman–Crippen MR) is 46.9 cm³/mol. The Hall–Kier alpha value is -1.28. The van der Waals surface area contributed by atoms with Gasteiger partial charge in [-0.3, -0.25) is 14.4 Å². The van der Waals surface area contributed by atoms with Crippen LogP contribution in [-0.2, 0) is 14.4 Å². The molecule has 7 nitrogen and oxygen atoms in total. The first kappa shape index (κ1) is 12.7. The van der Waals surface area contributed by atoms with Crippen LogP contribution in [0.15, 0.2) is 0 Å². The van der Waals surface area contributed by atoms with Gasteiger partial charge in [0.2, 0.25) is 0 Å². The second-order valence-corrected chi connectivity index (χ2v) is 3.32. The van der Waals surface area contributed by atoms with Gasteiger partial charge in [-0.15, -0.1) is 0 Å². The Bertz CT molecular complexity index is 226. The molecule has 0 heterocycles. The Morgan fingerprint density at radius 3 is 1.64 bits per heavy atom. The van der Waals surface area contributed by atoms with Crippen LogP contribution in [0.5, 0.6) is 0 Å². The molecule has 0 saturated heterocycles. The van der Waals surface area contributed by atoms with E-state index in [0.29, 0.717) is 11.9 Å². The molecule has 0 saturated carbocycles. The van der Waals surface area contributed by atoms with E-state index in [2.05, 4.69) is 0 Å². The zero-order chi connectivity index (χ0) is 11.1. The first-order valence-electron chi connectivity index (χ1n) is 3.45. The van der Waals surface area contributed by atoms with Gasteiger partial charge in [0.15, 0.2) is 0 Å². The number of hydrogen-bond donors (Lipinski definition) is 3. The summed E-state index contributed by atoms with van der Waals surface area (Å²) < 4.78 is 0.957. The van der Waals surface area contributed by atoms with Crippen LogP contribution in [0.4, 0.5) is 0 Å². The number of aliphatic carboxylic acids is 3. The zero-order valence-electron chi connectivity index (χ0n) is 7.04. The van der Waals surface area contributed by atoms with Crippen LogP contribution in [-0.4, -0.2) is 56.4 Å². The Morgan fingerprint density at radius 2 is 1.36 bits per heavy atom. The van der Waals surface area contributed by atoms with Crippen molar-refractivity contribution in [3.63, 3.8) is 0 Å². The van der Waals surface area contributed by atoms with E-state index in [-0.39, 0.29) is 5.75 Å². The molecule has 0 unspecified atom stereocenters. The first-order chi connectivity index (χ1) is 6.41. The fraction of sp³-hybridized carbons (Fsp3) is 0.500. The molecule has 0 spiro atoms. The molecule has 0 amide bonds. The van der Waals surface area contributed by atoms with Gasteiger partial charge in [-0.2, -0.15) is 0 Å². The number of carboxylic acid groups (broad SMARTS) is 3. The summed E-state index contributed by atoms with van der Waals surface area (Å²) in [6.07, 6.45) is 0. The van der Waals surface area contributed by atoms with Gasteiger partial charge in [0, 0.05) is 0 Å². The maximum atomic E-state index is 10.2. The lowest BCUT2D eigenvalue weighted by Crippen LogP contribution is -2.30. The SMILES string of the molecule is O=C(O)CSN(CC(=O)O)CC(=O)O. The highest BCUT2D eigenvalue weighted by atomic mass is 32.2. The quantitative estimate of drug-likeness (QED) is 0.480. The maximum absolute atomic E-state index is 10.2. The minimum Gasteiger partial charge on any atom is -0.481 e. The molecule has 0 fully saturated rings. The van der Waals surface area contributed by atoms with Crippen LogP contribution in [0.3, 0.4) is 0 Å². The minimum atomic E-state index is -1.20. The third kappa shape index (κ3) is 7.37. The van der Waals surface area contributed by atoms with E-state index in [1.54, 1.807) is 0 Å². The molecule has 0 bridgehead atoms. The van der Waals surface area contributed by atoms with Gasteiger partial charge in [-0.25, -0.2) is 4.31 Å². The maximum Gasteiger partial charge on any atom is 0.318 e. The fourth-order valence-electron chi connectivity index (χ4n) is 0.595. The Labute approximate surface area is 83.4 Å². The van der Waals surface area contributed by atoms with Gasteiger partial charge in [0.25, 0.3) is 0 Å². The van der Waals surface area contributed by atoms with Gasteiger partial charge in [0.1, 0.15) is 18.8 Å². The number of carbonyl (C=O) groups is 3. The van der Waals surface area contributed by atoms with Crippen LogP contribution < -0.4 is 0 Å². The second-order valence-electron chi connectivity index (χ2n) is 2.25. The molecule has 8 heteroatoms. The van der Waals surface area contributed by atoms with Crippen molar-refractivity contribution in [2.45, 2.75) is 0 Å². The van der Waals surface area contributed by atoms with Crippen LogP contribution in [0, 0.1) is 0 Å². The van der Waals surface area contributed by atoms with Crippen molar-refractivity contribution in [3.05, 3.63) is 0 Å². The van der Waals surface area contributed by atoms with Gasteiger partial charge in [-0.05, 0) is 0 Å². The van der Waals surface area contributed by atoms with Gasteiger partial charge < -0.3 is 15.3 Å². The van der Waals surface area contributed by atoms with Crippen molar-refractivity contribution in [3.8, 4) is 0 Å². The number of rotatable bonds is 7. The minimum absolute atomic E-state index is 0.361. The van der Waals surface area contributed by atoms with Crippen molar-refractivity contribution in [2.24, 2.45) is 0 Å². The lowest BCUT2D eigenvalue weighted by molar-refractivity contribution is -0.140. The number of nitrogens with zero attached hydrogens (tertiary/aromatic N) is 1. The van der Waals surface area contributed by atoms with E-state index in [0.717, 1.165) is 4.31 Å². The van der Waals surface area contributed by atoms with Crippen LogP contribution in [0.1, 0.15) is 0 Å². The predicted octanol–water partition coefficient (Wildman–Crippen LogP) is -0.810. The normalized spacial score (nSPS) is 10.1. The summed E-state index contributed by atoms with van der Waals surface area (Å²) in [7, 11) is 0. The summed E-state index contributed by atoms with van der Waals surface area (Å²) in [5.74, 6) is -3.90. The second kappa shape index (κ2) is 6.22. The Morgan fingerprint density at radius 1 is 0.929 bits per heavy atom. The molecule has 0 rings (SSSR count). The van der Waals surface area contributed by atoms with Gasteiger partial charge in [-0.1, -0.05) is 11.9 Å². The summed E-state index contributed by atoms with van der Waals surface area (Å²) in [6, 6.07) is 0. The molecule has 80 valence electrons. The van der Waals surface area contributed by atoms with Crippen molar-refractivity contribution >= 4 is 29.9 Å². The standard InChI is InChI=1S/C6H9NO6S/c8-4(9)1-7(2-5(10)11)14-3-6(12)13/h1-3H2,(H,8,9)(H,10,11)(H,12,13). The van der Waals surface area contributed by atoms with Gasteiger partial charge in [0.05, 0.1) is 0 Å². The van der Waals surface area contributed by atoms with Crippen LogP contribution in [0.25, 0.3) is 0 Å². The van der Waals surface area contributed by atoms with Crippen molar-refractivity contribution in [2.75, 3.05) is 18.8 Å². The highest BCUT2D eigenvalue weighted by Gasteiger charge is 2.15. The monoisotopic (exact) mass is 223 g/mol. The summed E-state index contributed by atoms with van der Waals surface area (Å²) in [4.78, 5) is 30.6. The molecular formula is C6H9NO6S. The highest BCUT2D eigenvalue weighted by Crippen LogP contribution is 2.08. The molecular weight excluding hydrogens is 214 g/mol. The highest BCUT2D eigenvalue weighted by molar-refractivity contribution is 7.97. The van der Waals surface area contributed by atoms with Crippen LogP contribution in [0.2, 0.25) is 0 Å². The van der Waals surface area contributed by atoms with Crippen molar-refractivity contribution in [1.82, 2.24) is 4.31 Å². The largest absolute Gasteiger partial charge is 0.481 e. The lowest BCUT2D eigenvalue weighted by Gasteiger charge is -2.14. The summed E-state index contributed by atoms with van der Waals surface area (Å²) in [5.41, 5.74) is 0. The van der Waals surface area contributed by atoms with E-state index in [1.807, 2.05) is 0 Å².